The van der Waals surface area contributed by atoms with Gasteiger partial charge in [0.15, 0.2) is 4.34 Å². The minimum Gasteiger partial charge on any atom is -0.368 e. The largest absolute Gasteiger partial charge is 0.368 e. The number of anilines is 2. The lowest BCUT2D eigenvalue weighted by molar-refractivity contribution is -0.128. The van der Waals surface area contributed by atoms with Crippen LogP contribution in [0.2, 0.25) is 0 Å². The summed E-state index contributed by atoms with van der Waals surface area (Å²) >= 11 is 2.53. The third kappa shape index (κ3) is 5.62. The van der Waals surface area contributed by atoms with Crippen LogP contribution in [0.1, 0.15) is 15.4 Å². The molecule has 1 N–H and O–H groups in total. The summed E-state index contributed by atoms with van der Waals surface area (Å²) < 4.78 is 0.616. The Morgan fingerprint density at radius 1 is 1.00 bits per heavy atom. The van der Waals surface area contributed by atoms with E-state index in [1.165, 1.54) is 28.8 Å². The normalized spacial score (nSPS) is 13.8. The molecule has 0 atom stereocenters. The molecule has 2 aromatic carbocycles. The molecular formula is C22H23N5O2S2. The predicted octanol–water partition coefficient (Wildman–Crippen LogP) is 3.54. The number of thioether (sulfide) groups is 1. The lowest BCUT2D eigenvalue weighted by atomic mass is 10.2. The second kappa shape index (κ2) is 9.93. The van der Waals surface area contributed by atoms with Crippen molar-refractivity contribution in [3.05, 3.63) is 65.2 Å². The maximum Gasteiger partial charge on any atom is 0.286 e. The average molecular weight is 454 g/mol. The lowest BCUT2D eigenvalue weighted by Gasteiger charge is -2.36. The number of hydrogen-bond acceptors (Lipinski definition) is 7. The van der Waals surface area contributed by atoms with Gasteiger partial charge in [0.1, 0.15) is 0 Å². The molecule has 1 fully saturated rings. The molecule has 7 nitrogen and oxygen atoms in total. The quantitative estimate of drug-likeness (QED) is 0.575. The molecule has 160 valence electrons. The molecule has 1 saturated heterocycles. The van der Waals surface area contributed by atoms with Gasteiger partial charge in [0.05, 0.1) is 5.75 Å². The summed E-state index contributed by atoms with van der Waals surface area (Å²) in [6, 6.07) is 17.8. The van der Waals surface area contributed by atoms with E-state index < -0.39 is 0 Å². The molecule has 0 spiro atoms. The maximum absolute atomic E-state index is 12.6. The summed E-state index contributed by atoms with van der Waals surface area (Å²) in [5, 5.41) is 11.1. The number of aromatic nitrogens is 2. The Morgan fingerprint density at radius 3 is 2.42 bits per heavy atom. The Labute approximate surface area is 189 Å². The van der Waals surface area contributed by atoms with Gasteiger partial charge in [-0.25, -0.2) is 0 Å². The molecule has 2 heterocycles. The number of rotatable bonds is 6. The van der Waals surface area contributed by atoms with E-state index >= 15 is 0 Å². The third-order valence-electron chi connectivity index (χ3n) is 4.98. The maximum atomic E-state index is 12.6. The number of carbonyl (C=O) groups excluding carboxylic acids is 2. The Balaban J connectivity index is 1.24. The van der Waals surface area contributed by atoms with Gasteiger partial charge < -0.3 is 15.1 Å². The second-order valence-corrected chi connectivity index (χ2v) is 9.39. The van der Waals surface area contributed by atoms with E-state index in [9.17, 15) is 9.59 Å². The van der Waals surface area contributed by atoms with Gasteiger partial charge in [0, 0.05) is 37.6 Å². The first-order valence-corrected chi connectivity index (χ1v) is 11.8. The zero-order chi connectivity index (χ0) is 21.6. The van der Waals surface area contributed by atoms with Crippen molar-refractivity contribution in [3.63, 3.8) is 0 Å². The Kier molecular flexibility index (Phi) is 6.83. The molecule has 2 amide bonds. The minimum atomic E-state index is -0.295. The molecule has 4 rings (SSSR count). The fourth-order valence-corrected chi connectivity index (χ4v) is 4.90. The van der Waals surface area contributed by atoms with E-state index in [0.29, 0.717) is 28.9 Å². The van der Waals surface area contributed by atoms with Crippen molar-refractivity contribution < 1.29 is 9.59 Å². The smallest absolute Gasteiger partial charge is 0.286 e. The fourth-order valence-electron chi connectivity index (χ4n) is 3.25. The van der Waals surface area contributed by atoms with Crippen molar-refractivity contribution in [3.8, 4) is 0 Å². The Hall–Kier alpha value is -2.91. The van der Waals surface area contributed by atoms with Crippen LogP contribution >= 0.6 is 23.1 Å². The van der Waals surface area contributed by atoms with E-state index in [0.717, 1.165) is 18.7 Å². The molecule has 0 aliphatic carbocycles. The highest BCUT2D eigenvalue weighted by atomic mass is 32.2. The highest BCUT2D eigenvalue weighted by molar-refractivity contribution is 8.01. The van der Waals surface area contributed by atoms with Gasteiger partial charge in [0.2, 0.25) is 10.9 Å². The molecule has 1 aromatic heterocycles. The van der Waals surface area contributed by atoms with Gasteiger partial charge in [-0.3, -0.25) is 9.59 Å². The summed E-state index contributed by atoms with van der Waals surface area (Å²) in [6.07, 6.45) is 0. The van der Waals surface area contributed by atoms with Crippen molar-refractivity contribution in [2.45, 2.75) is 11.3 Å². The fraction of sp³-hybridized carbons (Fsp3) is 0.273. The van der Waals surface area contributed by atoms with E-state index in [1.807, 2.05) is 54.3 Å². The van der Waals surface area contributed by atoms with E-state index in [4.69, 9.17) is 0 Å². The Morgan fingerprint density at radius 2 is 1.71 bits per heavy atom. The van der Waals surface area contributed by atoms with Gasteiger partial charge >= 0.3 is 0 Å². The van der Waals surface area contributed by atoms with Crippen molar-refractivity contribution >= 4 is 46.3 Å². The zero-order valence-corrected chi connectivity index (χ0v) is 18.8. The number of nitrogens with one attached hydrogen (secondary N) is 1. The van der Waals surface area contributed by atoms with Crippen molar-refractivity contribution in [2.75, 3.05) is 42.1 Å². The number of carbonyl (C=O) groups is 2. The molecule has 1 aliphatic rings. The molecule has 0 bridgehead atoms. The first-order chi connectivity index (χ1) is 15.1. The van der Waals surface area contributed by atoms with Gasteiger partial charge in [-0.2, -0.15) is 0 Å². The number of aryl methyl sites for hydroxylation is 1. The van der Waals surface area contributed by atoms with Gasteiger partial charge in [-0.15, -0.1) is 10.2 Å². The molecule has 3 aromatic rings. The van der Waals surface area contributed by atoms with Gasteiger partial charge in [-0.05, 0) is 31.2 Å². The van der Waals surface area contributed by atoms with Crippen LogP contribution in [0.5, 0.6) is 0 Å². The number of benzene rings is 2. The summed E-state index contributed by atoms with van der Waals surface area (Å²) in [6.45, 7) is 5.04. The number of hydrogen-bond donors (Lipinski definition) is 1. The monoisotopic (exact) mass is 453 g/mol. The van der Waals surface area contributed by atoms with Gasteiger partial charge in [0.25, 0.3) is 5.91 Å². The highest BCUT2D eigenvalue weighted by Crippen LogP contribution is 2.24. The standard InChI is InChI=1S/C22H23N5O2S2/c1-16-7-9-17(10-8-16)23-20(29)21-24-25-22(31-21)30-15-19(28)27-13-11-26(12-14-27)18-5-3-2-4-6-18/h2-10H,11-15H2,1H3,(H,23,29). The molecule has 0 unspecified atom stereocenters. The highest BCUT2D eigenvalue weighted by Gasteiger charge is 2.22. The first kappa shape index (κ1) is 21.3. The first-order valence-electron chi connectivity index (χ1n) is 10.0. The van der Waals surface area contributed by atoms with E-state index in [2.05, 4.69) is 32.5 Å². The molecular weight excluding hydrogens is 430 g/mol. The van der Waals surface area contributed by atoms with Crippen LogP contribution in [0.4, 0.5) is 11.4 Å². The zero-order valence-electron chi connectivity index (χ0n) is 17.2. The van der Waals surface area contributed by atoms with Crippen molar-refractivity contribution in [1.82, 2.24) is 15.1 Å². The average Bonchev–Trinajstić information content (AvgIpc) is 3.29. The summed E-state index contributed by atoms with van der Waals surface area (Å²) in [7, 11) is 0. The van der Waals surface area contributed by atoms with Crippen molar-refractivity contribution in [2.24, 2.45) is 0 Å². The van der Waals surface area contributed by atoms with Gasteiger partial charge in [-0.1, -0.05) is 59.0 Å². The number of nitrogens with zero attached hydrogens (tertiary/aromatic N) is 4. The molecule has 0 radical (unpaired) electrons. The summed E-state index contributed by atoms with van der Waals surface area (Å²) in [5.74, 6) is 0.0784. The summed E-state index contributed by atoms with van der Waals surface area (Å²) in [4.78, 5) is 29.1. The SMILES string of the molecule is Cc1ccc(NC(=O)c2nnc(SCC(=O)N3CCN(c4ccccc4)CC3)s2)cc1. The summed E-state index contributed by atoms with van der Waals surface area (Å²) in [5.41, 5.74) is 3.03. The molecule has 0 saturated carbocycles. The lowest BCUT2D eigenvalue weighted by Crippen LogP contribution is -2.49. The molecule has 31 heavy (non-hydrogen) atoms. The number of para-hydroxylation sites is 1. The van der Waals surface area contributed by atoms with Crippen LogP contribution in [0.3, 0.4) is 0 Å². The van der Waals surface area contributed by atoms with Crippen LogP contribution in [0, 0.1) is 6.92 Å². The van der Waals surface area contributed by atoms with Crippen LogP contribution in [-0.2, 0) is 4.79 Å². The Bertz CT molecular complexity index is 1030. The topological polar surface area (TPSA) is 78.4 Å². The van der Waals surface area contributed by atoms with E-state index in [1.54, 1.807) is 0 Å². The predicted molar refractivity (Wildman–Crippen MR) is 125 cm³/mol. The van der Waals surface area contributed by atoms with Crippen LogP contribution in [0.15, 0.2) is 58.9 Å². The minimum absolute atomic E-state index is 0.0820. The second-order valence-electron chi connectivity index (χ2n) is 7.19. The molecule has 9 heteroatoms. The van der Waals surface area contributed by atoms with Crippen LogP contribution in [0.25, 0.3) is 0 Å². The number of piperazine rings is 1. The third-order valence-corrected chi connectivity index (χ3v) is 7.02. The van der Waals surface area contributed by atoms with Crippen molar-refractivity contribution in [1.29, 1.82) is 0 Å². The molecule has 1 aliphatic heterocycles. The van der Waals surface area contributed by atoms with Crippen LogP contribution in [-0.4, -0.2) is 58.8 Å². The number of amides is 2. The van der Waals surface area contributed by atoms with E-state index in [-0.39, 0.29) is 16.8 Å². The van der Waals surface area contributed by atoms with Crippen LogP contribution < -0.4 is 10.2 Å².